The van der Waals surface area contributed by atoms with Crippen molar-refractivity contribution in [3.63, 3.8) is 0 Å². The van der Waals surface area contributed by atoms with Crippen LogP contribution in [0.3, 0.4) is 0 Å². The molecule has 6 rings (SSSR count). The van der Waals surface area contributed by atoms with E-state index in [-0.39, 0.29) is 31.2 Å². The number of rotatable bonds is 8. The maximum Gasteiger partial charge on any atom is 0.408 e. The second kappa shape index (κ2) is 15.2. The highest BCUT2D eigenvalue weighted by molar-refractivity contribution is 7.91. The number of carbonyl (C=O) groups excluding carboxylic acids is 4. The third kappa shape index (κ3) is 8.68. The number of amides is 4. The fourth-order valence-corrected chi connectivity index (χ4v) is 8.98. The second-order valence-corrected chi connectivity index (χ2v) is 19.1. The summed E-state index contributed by atoms with van der Waals surface area (Å²) in [5.41, 5.74) is -1.83. The van der Waals surface area contributed by atoms with Gasteiger partial charge in [-0.2, -0.15) is 10.2 Å². The van der Waals surface area contributed by atoms with Gasteiger partial charge in [0.2, 0.25) is 21.8 Å². The zero-order chi connectivity index (χ0) is 39.9. The number of fused-ring (bicyclic) bond motifs is 3. The Labute approximate surface area is 322 Å². The van der Waals surface area contributed by atoms with E-state index in [9.17, 15) is 27.6 Å². The minimum Gasteiger partial charge on any atom is -0.497 e. The SMILES string of the molecule is CC[C@@H]1C[C@H](C)CC/C=C\[C@@H]2C[C@@]2(C(=O)NS(=O)(=O)C2(C)CC2)NC(=O)[C@@H]2C[C@@H](Oc3cnnc4cc(OC)ccc34)CN2C(=O)[C@H]1NC(=O)OC(C)(C)C. The van der Waals surface area contributed by atoms with Crippen molar-refractivity contribution in [3.8, 4) is 11.5 Å². The first kappa shape index (κ1) is 40.2. The number of nitrogens with one attached hydrogen (secondary N) is 3. The lowest BCUT2D eigenvalue weighted by Crippen LogP contribution is -2.59. The Bertz CT molecular complexity index is 1960. The second-order valence-electron chi connectivity index (χ2n) is 16.9. The van der Waals surface area contributed by atoms with Crippen LogP contribution in [0.5, 0.6) is 11.5 Å². The molecule has 300 valence electrons. The number of nitrogens with zero attached hydrogens (tertiary/aromatic N) is 3. The van der Waals surface area contributed by atoms with Gasteiger partial charge in [-0.3, -0.25) is 19.1 Å². The Morgan fingerprint density at radius 1 is 1.15 bits per heavy atom. The minimum atomic E-state index is -4.00. The maximum atomic E-state index is 14.9. The average Bonchev–Trinajstić information content (AvgIpc) is 4.00. The smallest absolute Gasteiger partial charge is 0.408 e. The molecular weight excluding hydrogens is 729 g/mol. The van der Waals surface area contributed by atoms with Crippen LogP contribution in [0, 0.1) is 17.8 Å². The highest BCUT2D eigenvalue weighted by atomic mass is 32.2. The summed E-state index contributed by atoms with van der Waals surface area (Å²) in [6.45, 7) is 10.8. The van der Waals surface area contributed by atoms with Crippen molar-refractivity contribution in [2.45, 2.75) is 127 Å². The number of hydrogen-bond acceptors (Lipinski definition) is 11. The highest BCUT2D eigenvalue weighted by Gasteiger charge is 2.63. The van der Waals surface area contributed by atoms with Gasteiger partial charge >= 0.3 is 6.09 Å². The van der Waals surface area contributed by atoms with Crippen LogP contribution < -0.4 is 24.8 Å². The molecule has 2 aliphatic carbocycles. The number of carbonyl (C=O) groups is 4. The van der Waals surface area contributed by atoms with Gasteiger partial charge < -0.3 is 29.7 Å². The van der Waals surface area contributed by atoms with E-state index in [1.165, 1.54) is 11.1 Å². The van der Waals surface area contributed by atoms with Gasteiger partial charge in [-0.15, -0.1) is 0 Å². The molecule has 1 aromatic heterocycles. The fourth-order valence-electron chi connectivity index (χ4n) is 7.67. The van der Waals surface area contributed by atoms with Crippen LogP contribution in [0.1, 0.15) is 92.9 Å². The van der Waals surface area contributed by atoms with Gasteiger partial charge in [-0.05, 0) is 90.2 Å². The number of allylic oxidation sites excluding steroid dienone is 1. The minimum absolute atomic E-state index is 0.0232. The number of alkyl carbamates (subject to hydrolysis) is 1. The Balaban J connectivity index is 1.36. The first-order valence-electron chi connectivity index (χ1n) is 19.2. The molecule has 4 aliphatic rings. The molecule has 4 amide bonds. The Morgan fingerprint density at radius 2 is 1.89 bits per heavy atom. The normalized spacial score (nSPS) is 30.1. The number of sulfonamides is 1. The Kier molecular flexibility index (Phi) is 11.1. The number of methoxy groups -OCH3 is 1. The van der Waals surface area contributed by atoms with Crippen molar-refractivity contribution in [1.29, 1.82) is 0 Å². The zero-order valence-electron chi connectivity index (χ0n) is 32.7. The van der Waals surface area contributed by atoms with E-state index < -0.39 is 73.8 Å². The van der Waals surface area contributed by atoms with Gasteiger partial charge in [-0.1, -0.05) is 32.4 Å². The third-order valence-corrected chi connectivity index (χ3v) is 13.5. The molecule has 1 saturated heterocycles. The maximum absolute atomic E-state index is 14.9. The van der Waals surface area contributed by atoms with Crippen LogP contribution in [-0.2, 0) is 29.1 Å². The summed E-state index contributed by atoms with van der Waals surface area (Å²) in [5.74, 6) is -1.53. The van der Waals surface area contributed by atoms with E-state index >= 15 is 0 Å². The molecule has 15 nitrogen and oxygen atoms in total. The van der Waals surface area contributed by atoms with E-state index in [0.717, 1.165) is 6.42 Å². The predicted octanol–water partition coefficient (Wildman–Crippen LogP) is 4.16. The Hall–Kier alpha value is -4.47. The summed E-state index contributed by atoms with van der Waals surface area (Å²) in [5, 5.41) is 14.7. The first-order chi connectivity index (χ1) is 25.9. The van der Waals surface area contributed by atoms with Gasteiger partial charge in [0.15, 0.2) is 0 Å². The number of benzene rings is 1. The zero-order valence-corrected chi connectivity index (χ0v) is 33.5. The highest BCUT2D eigenvalue weighted by Crippen LogP contribution is 2.47. The summed E-state index contributed by atoms with van der Waals surface area (Å²) in [7, 11) is -2.45. The molecule has 1 aromatic carbocycles. The lowest BCUT2D eigenvalue weighted by molar-refractivity contribution is -0.142. The molecule has 0 unspecified atom stereocenters. The molecule has 0 spiro atoms. The van der Waals surface area contributed by atoms with Crippen LogP contribution in [0.15, 0.2) is 36.5 Å². The van der Waals surface area contributed by atoms with Gasteiger partial charge in [-0.25, -0.2) is 13.2 Å². The van der Waals surface area contributed by atoms with Crippen LogP contribution >= 0.6 is 0 Å². The van der Waals surface area contributed by atoms with E-state index in [1.807, 2.05) is 19.1 Å². The summed E-state index contributed by atoms with van der Waals surface area (Å²) >= 11 is 0. The van der Waals surface area contributed by atoms with E-state index in [0.29, 0.717) is 54.5 Å². The molecule has 3 heterocycles. The van der Waals surface area contributed by atoms with Crippen molar-refractivity contribution < 1.29 is 41.8 Å². The number of aromatic nitrogens is 2. The monoisotopic (exact) mass is 782 g/mol. The number of ether oxygens (including phenoxy) is 3. The molecule has 16 heteroatoms. The molecular formula is C39H54N6O9S. The molecule has 2 aromatic rings. The van der Waals surface area contributed by atoms with Gasteiger partial charge in [0.05, 0.1) is 24.6 Å². The molecule has 2 saturated carbocycles. The molecule has 3 fully saturated rings. The molecule has 3 N–H and O–H groups in total. The standard InChI is InChI=1S/C39H54N6O9S/c1-8-24-17-23(2)11-9-10-12-25-20-39(25,35(48)44-55(50,51)38(6)15-16-38)42-33(46)30-19-27(22-45(30)34(47)32(24)41-36(49)54-37(3,4)5)53-31-21-40-43-29-18-26(52-7)13-14-28(29)31/h10,12-14,18,21,23-25,27,30,32H,8-9,11,15-17,19-20,22H2,1-7H3,(H,41,49)(H,42,46)(H,44,48)/b12-10-/t23-,24-,25-,27-,30+,32+,39-/m1/s1. The summed E-state index contributed by atoms with van der Waals surface area (Å²) in [6, 6.07) is 3.10. The third-order valence-electron chi connectivity index (χ3n) is 11.4. The van der Waals surface area contributed by atoms with Gasteiger partial charge in [0, 0.05) is 23.8 Å². The Morgan fingerprint density at radius 3 is 2.56 bits per heavy atom. The van der Waals surface area contributed by atoms with Gasteiger partial charge in [0.1, 0.15) is 46.3 Å². The fraction of sp³-hybridized carbons (Fsp3) is 0.641. The lowest BCUT2D eigenvalue weighted by atomic mass is 9.85. The van der Waals surface area contributed by atoms with E-state index in [1.54, 1.807) is 53.0 Å². The predicted molar refractivity (Wildman–Crippen MR) is 203 cm³/mol. The molecule has 55 heavy (non-hydrogen) atoms. The van der Waals surface area contributed by atoms with Crippen LogP contribution in [-0.4, -0.2) is 95.1 Å². The van der Waals surface area contributed by atoms with Crippen LogP contribution in [0.25, 0.3) is 10.9 Å². The van der Waals surface area contributed by atoms with Crippen LogP contribution in [0.2, 0.25) is 0 Å². The topological polar surface area (TPSA) is 195 Å². The van der Waals surface area contributed by atoms with Crippen molar-refractivity contribution >= 4 is 44.7 Å². The molecule has 2 aliphatic heterocycles. The van der Waals surface area contributed by atoms with Crippen molar-refractivity contribution in [3.05, 3.63) is 36.5 Å². The quantitative estimate of drug-likeness (QED) is 0.326. The van der Waals surface area contributed by atoms with E-state index in [2.05, 4.69) is 32.5 Å². The molecule has 0 bridgehead atoms. The summed E-state index contributed by atoms with van der Waals surface area (Å²) in [4.78, 5) is 58.1. The lowest BCUT2D eigenvalue weighted by Gasteiger charge is -2.34. The summed E-state index contributed by atoms with van der Waals surface area (Å²) in [6.07, 6.45) is 7.59. The first-order valence-corrected chi connectivity index (χ1v) is 20.7. The van der Waals surface area contributed by atoms with Gasteiger partial charge in [0.25, 0.3) is 5.91 Å². The molecule has 7 atom stereocenters. The van der Waals surface area contributed by atoms with Crippen LogP contribution in [0.4, 0.5) is 4.79 Å². The largest absolute Gasteiger partial charge is 0.497 e. The van der Waals surface area contributed by atoms with E-state index in [4.69, 9.17) is 14.2 Å². The summed E-state index contributed by atoms with van der Waals surface area (Å²) < 4.78 is 45.0. The van der Waals surface area contributed by atoms with Crippen molar-refractivity contribution in [2.24, 2.45) is 17.8 Å². The average molecular weight is 783 g/mol. The number of hydrogen-bond donors (Lipinski definition) is 3. The van der Waals surface area contributed by atoms with Crippen molar-refractivity contribution in [2.75, 3.05) is 13.7 Å². The van der Waals surface area contributed by atoms with Crippen molar-refractivity contribution in [1.82, 2.24) is 30.5 Å². The molecule has 0 radical (unpaired) electrons.